The molecule has 0 spiro atoms. The number of hydrogen-bond donors (Lipinski definition) is 1. The first-order valence-electron chi connectivity index (χ1n) is 7.26. The van der Waals surface area contributed by atoms with Gasteiger partial charge in [0.05, 0.1) is 0 Å². The van der Waals surface area contributed by atoms with Gasteiger partial charge in [-0.1, -0.05) is 44.5 Å². The van der Waals surface area contributed by atoms with E-state index in [9.17, 15) is 4.79 Å². The van der Waals surface area contributed by atoms with Crippen molar-refractivity contribution in [2.75, 3.05) is 13.1 Å². The summed E-state index contributed by atoms with van der Waals surface area (Å²) in [5.41, 5.74) is 8.66. The van der Waals surface area contributed by atoms with Crippen LogP contribution in [0, 0.1) is 5.92 Å². The van der Waals surface area contributed by atoms with Crippen LogP contribution in [0.2, 0.25) is 0 Å². The van der Waals surface area contributed by atoms with Gasteiger partial charge in [0.15, 0.2) is 0 Å². The molecule has 0 radical (unpaired) electrons. The topological polar surface area (TPSA) is 46.3 Å². The molecule has 1 saturated heterocycles. The Bertz CT molecular complexity index is 427. The monoisotopic (exact) mass is 260 g/mol. The Balaban J connectivity index is 1.96. The third-order valence-corrected chi connectivity index (χ3v) is 4.11. The van der Waals surface area contributed by atoms with Crippen molar-refractivity contribution in [1.82, 2.24) is 4.90 Å². The van der Waals surface area contributed by atoms with E-state index in [1.54, 1.807) is 0 Å². The second kappa shape index (κ2) is 6.20. The second-order valence-electron chi connectivity index (χ2n) is 5.48. The predicted molar refractivity (Wildman–Crippen MR) is 77.7 cm³/mol. The van der Waals surface area contributed by atoms with E-state index in [0.717, 1.165) is 24.9 Å². The average Bonchev–Trinajstić information content (AvgIpc) is 2.79. The number of aryl methyl sites for hydroxylation is 1. The van der Waals surface area contributed by atoms with Gasteiger partial charge in [-0.25, -0.2) is 0 Å². The minimum absolute atomic E-state index is 0.0783. The molecule has 2 unspecified atom stereocenters. The van der Waals surface area contributed by atoms with E-state index in [1.165, 1.54) is 5.56 Å². The van der Waals surface area contributed by atoms with E-state index < -0.39 is 0 Å². The Morgan fingerprint density at radius 2 is 2.00 bits per heavy atom. The maximum absolute atomic E-state index is 11.9. The van der Waals surface area contributed by atoms with Crippen LogP contribution in [-0.4, -0.2) is 23.9 Å². The van der Waals surface area contributed by atoms with Crippen molar-refractivity contribution in [3.8, 4) is 0 Å². The molecule has 19 heavy (non-hydrogen) atoms. The molecule has 0 aliphatic carbocycles. The normalized spacial score (nSPS) is 20.9. The number of likely N-dealkylation sites (tertiary alicyclic amines) is 1. The lowest BCUT2D eigenvalue weighted by Gasteiger charge is -2.21. The summed E-state index contributed by atoms with van der Waals surface area (Å²) >= 11 is 0. The lowest BCUT2D eigenvalue weighted by molar-refractivity contribution is -0.127. The summed E-state index contributed by atoms with van der Waals surface area (Å²) in [6.07, 6.45) is 2.80. The Labute approximate surface area is 115 Å². The van der Waals surface area contributed by atoms with Crippen LogP contribution in [0.25, 0.3) is 0 Å². The van der Waals surface area contributed by atoms with Crippen LogP contribution in [-0.2, 0) is 11.2 Å². The number of amides is 1. The molecule has 0 aromatic heterocycles. The van der Waals surface area contributed by atoms with E-state index in [-0.39, 0.29) is 11.9 Å². The van der Waals surface area contributed by atoms with Crippen LogP contribution in [0.3, 0.4) is 0 Å². The third kappa shape index (κ3) is 3.35. The number of benzene rings is 1. The molecule has 1 amide bonds. The summed E-state index contributed by atoms with van der Waals surface area (Å²) in [6.45, 7) is 5.80. The highest BCUT2D eigenvalue weighted by Crippen LogP contribution is 2.23. The van der Waals surface area contributed by atoms with Gasteiger partial charge < -0.3 is 10.6 Å². The van der Waals surface area contributed by atoms with Gasteiger partial charge in [-0.2, -0.15) is 0 Å². The van der Waals surface area contributed by atoms with E-state index in [4.69, 9.17) is 5.73 Å². The minimum atomic E-state index is -0.0783. The molecule has 104 valence electrons. The van der Waals surface area contributed by atoms with E-state index in [2.05, 4.69) is 38.1 Å². The molecule has 0 bridgehead atoms. The first kappa shape index (κ1) is 14.1. The van der Waals surface area contributed by atoms with Crippen LogP contribution < -0.4 is 5.73 Å². The van der Waals surface area contributed by atoms with Crippen molar-refractivity contribution in [2.45, 2.75) is 39.2 Å². The van der Waals surface area contributed by atoms with Gasteiger partial charge >= 0.3 is 0 Å². The predicted octanol–water partition coefficient (Wildman–Crippen LogP) is 2.51. The number of nitrogens with two attached hydrogens (primary N) is 1. The fourth-order valence-electron chi connectivity index (χ4n) is 2.65. The number of carbonyl (C=O) groups excluding carboxylic acids is 1. The number of rotatable bonds is 5. The molecule has 1 aromatic rings. The van der Waals surface area contributed by atoms with Gasteiger partial charge in [-0.15, -0.1) is 0 Å². The van der Waals surface area contributed by atoms with Gasteiger partial charge in [-0.3, -0.25) is 4.79 Å². The zero-order chi connectivity index (χ0) is 13.8. The summed E-state index contributed by atoms with van der Waals surface area (Å²) < 4.78 is 0. The van der Waals surface area contributed by atoms with E-state index in [1.807, 2.05) is 4.90 Å². The molecule has 3 heteroatoms. The maximum atomic E-state index is 11.9. The highest BCUT2D eigenvalue weighted by Gasteiger charge is 2.29. The fourth-order valence-corrected chi connectivity index (χ4v) is 2.65. The summed E-state index contributed by atoms with van der Waals surface area (Å²) in [5, 5.41) is 0. The Kier molecular flexibility index (Phi) is 4.59. The van der Waals surface area contributed by atoms with Gasteiger partial charge in [0.1, 0.15) is 0 Å². The van der Waals surface area contributed by atoms with Crippen molar-refractivity contribution < 1.29 is 4.79 Å². The van der Waals surface area contributed by atoms with Crippen molar-refractivity contribution >= 4 is 5.91 Å². The zero-order valence-corrected chi connectivity index (χ0v) is 11.9. The van der Waals surface area contributed by atoms with Crippen molar-refractivity contribution in [2.24, 2.45) is 11.7 Å². The van der Waals surface area contributed by atoms with Crippen molar-refractivity contribution in [3.05, 3.63) is 35.4 Å². The first-order valence-corrected chi connectivity index (χ1v) is 7.26. The van der Waals surface area contributed by atoms with Gasteiger partial charge in [0.25, 0.3) is 0 Å². The van der Waals surface area contributed by atoms with Crippen molar-refractivity contribution in [1.29, 1.82) is 0 Å². The average molecular weight is 260 g/mol. The van der Waals surface area contributed by atoms with Gasteiger partial charge in [0.2, 0.25) is 5.91 Å². The lowest BCUT2D eigenvalue weighted by Crippen LogP contribution is -2.33. The lowest BCUT2D eigenvalue weighted by atomic mass is 10.0. The molecule has 0 saturated carbocycles. The van der Waals surface area contributed by atoms with Crippen molar-refractivity contribution in [3.63, 3.8) is 0 Å². The summed E-state index contributed by atoms with van der Waals surface area (Å²) in [7, 11) is 0. The molecule has 1 aromatic carbocycles. The second-order valence-corrected chi connectivity index (χ2v) is 5.48. The standard InChI is InChI=1S/C16H24N2O/c1-3-12-5-7-14(8-6-12)15(17)11-18-10-13(4-2)9-16(18)19/h5-8,13,15H,3-4,9-11,17H2,1-2H3. The molecule has 2 rings (SSSR count). The molecule has 1 aliphatic rings. The Morgan fingerprint density at radius 3 is 2.53 bits per heavy atom. The van der Waals surface area contributed by atoms with Crippen LogP contribution in [0.1, 0.15) is 43.9 Å². The largest absolute Gasteiger partial charge is 0.340 e. The van der Waals surface area contributed by atoms with Gasteiger partial charge in [0, 0.05) is 25.6 Å². The molecule has 3 nitrogen and oxygen atoms in total. The highest BCUT2D eigenvalue weighted by molar-refractivity contribution is 5.78. The molecular formula is C16H24N2O. The van der Waals surface area contributed by atoms with Crippen LogP contribution in [0.5, 0.6) is 0 Å². The number of carbonyl (C=O) groups is 1. The van der Waals surface area contributed by atoms with Crippen LogP contribution >= 0.6 is 0 Å². The molecule has 1 aliphatic heterocycles. The molecule has 2 atom stereocenters. The third-order valence-electron chi connectivity index (χ3n) is 4.11. The Morgan fingerprint density at radius 1 is 1.32 bits per heavy atom. The van der Waals surface area contributed by atoms with Gasteiger partial charge in [-0.05, 0) is 23.5 Å². The summed E-state index contributed by atoms with van der Waals surface area (Å²) in [4.78, 5) is 13.8. The quantitative estimate of drug-likeness (QED) is 0.884. The summed E-state index contributed by atoms with van der Waals surface area (Å²) in [6, 6.07) is 8.33. The molecule has 2 N–H and O–H groups in total. The minimum Gasteiger partial charge on any atom is -0.340 e. The van der Waals surface area contributed by atoms with E-state index in [0.29, 0.717) is 18.9 Å². The SMILES string of the molecule is CCc1ccc(C(N)CN2CC(CC)CC2=O)cc1. The molecular weight excluding hydrogens is 236 g/mol. The number of hydrogen-bond acceptors (Lipinski definition) is 2. The Hall–Kier alpha value is -1.35. The van der Waals surface area contributed by atoms with Crippen LogP contribution in [0.15, 0.2) is 24.3 Å². The fraction of sp³-hybridized carbons (Fsp3) is 0.562. The zero-order valence-electron chi connectivity index (χ0n) is 11.9. The maximum Gasteiger partial charge on any atom is 0.222 e. The smallest absolute Gasteiger partial charge is 0.222 e. The number of nitrogens with zero attached hydrogens (tertiary/aromatic N) is 1. The van der Waals surface area contributed by atoms with E-state index >= 15 is 0 Å². The first-order chi connectivity index (χ1) is 9.13. The molecule has 1 fully saturated rings. The van der Waals surface area contributed by atoms with Crippen LogP contribution in [0.4, 0.5) is 0 Å². The molecule has 1 heterocycles. The summed E-state index contributed by atoms with van der Waals surface area (Å²) in [5.74, 6) is 0.773. The highest BCUT2D eigenvalue weighted by atomic mass is 16.2.